The minimum Gasteiger partial charge on any atom is -0.434 e. The van der Waals surface area contributed by atoms with Crippen LogP contribution in [0, 0.1) is 18.3 Å². The van der Waals surface area contributed by atoms with Crippen molar-refractivity contribution in [3.05, 3.63) is 77.5 Å². The van der Waals surface area contributed by atoms with E-state index in [1.807, 2.05) is 43.3 Å². The van der Waals surface area contributed by atoms with E-state index in [0.29, 0.717) is 11.4 Å². The van der Waals surface area contributed by atoms with Crippen molar-refractivity contribution in [3.63, 3.8) is 0 Å². The molecule has 0 aliphatic rings. The van der Waals surface area contributed by atoms with Crippen molar-refractivity contribution in [2.24, 2.45) is 0 Å². The lowest BCUT2D eigenvalue weighted by molar-refractivity contribution is 0.102. The van der Waals surface area contributed by atoms with Crippen LogP contribution in [0.1, 0.15) is 28.4 Å². The van der Waals surface area contributed by atoms with Gasteiger partial charge in [0.2, 0.25) is 0 Å². The molecule has 33 heavy (non-hydrogen) atoms. The van der Waals surface area contributed by atoms with Crippen LogP contribution in [0.5, 0.6) is 5.75 Å². The molecule has 2 aromatic carbocycles. The molecular formula is C24H19N5O4. The fourth-order valence-electron chi connectivity index (χ4n) is 3.26. The molecule has 2 aromatic heterocycles. The first kappa shape index (κ1) is 21.5. The van der Waals surface area contributed by atoms with Gasteiger partial charge in [-0.15, -0.1) is 0 Å². The third kappa shape index (κ3) is 4.50. The van der Waals surface area contributed by atoms with Gasteiger partial charge >= 0.3 is 6.16 Å². The molecule has 2 heterocycles. The summed E-state index contributed by atoms with van der Waals surface area (Å²) in [6.45, 7) is 3.82. The Kier molecular flexibility index (Phi) is 6.00. The molecule has 0 spiro atoms. The maximum atomic E-state index is 12.9. The summed E-state index contributed by atoms with van der Waals surface area (Å²) in [5.74, 6) is 0.453. The monoisotopic (exact) mass is 441 g/mol. The van der Waals surface area contributed by atoms with Crippen LogP contribution in [0.3, 0.4) is 0 Å². The highest BCUT2D eigenvalue weighted by Crippen LogP contribution is 2.24. The normalized spacial score (nSPS) is 10.5. The van der Waals surface area contributed by atoms with Crippen molar-refractivity contribution in [3.8, 4) is 17.6 Å². The van der Waals surface area contributed by atoms with E-state index in [0.717, 1.165) is 16.5 Å². The zero-order chi connectivity index (χ0) is 23.4. The van der Waals surface area contributed by atoms with Crippen molar-refractivity contribution in [1.82, 2.24) is 14.8 Å². The quantitative estimate of drug-likeness (QED) is 0.360. The van der Waals surface area contributed by atoms with Gasteiger partial charge < -0.3 is 14.8 Å². The van der Waals surface area contributed by atoms with Gasteiger partial charge in [-0.3, -0.25) is 4.79 Å². The van der Waals surface area contributed by atoms with E-state index >= 15 is 0 Å². The molecule has 1 amide bonds. The second-order valence-corrected chi connectivity index (χ2v) is 7.01. The minimum absolute atomic E-state index is 0.193. The number of anilines is 1. The average Bonchev–Trinajstić information content (AvgIpc) is 3.22. The van der Waals surface area contributed by atoms with Crippen LogP contribution in [0.15, 0.2) is 60.8 Å². The zero-order valence-electron chi connectivity index (χ0n) is 17.9. The highest BCUT2D eigenvalue weighted by Gasteiger charge is 2.18. The molecule has 0 fully saturated rings. The molecule has 4 rings (SSSR count). The first-order valence-corrected chi connectivity index (χ1v) is 10.1. The Morgan fingerprint density at radius 2 is 1.91 bits per heavy atom. The number of aromatic nitrogens is 3. The maximum Gasteiger partial charge on any atom is 0.513 e. The smallest absolute Gasteiger partial charge is 0.434 e. The highest BCUT2D eigenvalue weighted by molar-refractivity contribution is 6.04. The third-order valence-corrected chi connectivity index (χ3v) is 4.83. The number of amides is 1. The number of hydrogen-bond donors (Lipinski definition) is 1. The Labute approximate surface area is 189 Å². The number of nitrogens with zero attached hydrogens (tertiary/aromatic N) is 4. The lowest BCUT2D eigenvalue weighted by Gasteiger charge is -2.11. The lowest BCUT2D eigenvalue weighted by Crippen LogP contribution is -2.16. The predicted molar refractivity (Wildman–Crippen MR) is 120 cm³/mol. The fraction of sp³-hybridized carbons (Fsp3) is 0.125. The van der Waals surface area contributed by atoms with E-state index in [1.165, 1.54) is 35.1 Å². The second-order valence-electron chi connectivity index (χ2n) is 7.01. The molecule has 164 valence electrons. The van der Waals surface area contributed by atoms with Gasteiger partial charge in [0.05, 0.1) is 18.3 Å². The molecule has 0 atom stereocenters. The van der Waals surface area contributed by atoms with Crippen molar-refractivity contribution < 1.29 is 19.1 Å². The van der Waals surface area contributed by atoms with E-state index in [2.05, 4.69) is 15.4 Å². The third-order valence-electron chi connectivity index (χ3n) is 4.83. The number of aryl methyl sites for hydroxylation is 1. The van der Waals surface area contributed by atoms with E-state index in [9.17, 15) is 14.9 Å². The number of carbonyl (C=O) groups excluding carboxylic acids is 2. The summed E-state index contributed by atoms with van der Waals surface area (Å²) in [6.07, 6.45) is 0.549. The second kappa shape index (κ2) is 9.20. The van der Waals surface area contributed by atoms with Crippen molar-refractivity contribution in [2.75, 3.05) is 11.9 Å². The Morgan fingerprint density at radius 1 is 1.15 bits per heavy atom. The van der Waals surface area contributed by atoms with Gasteiger partial charge in [-0.05, 0) is 55.8 Å². The summed E-state index contributed by atoms with van der Waals surface area (Å²) in [5.41, 5.74) is 2.25. The van der Waals surface area contributed by atoms with Crippen LogP contribution in [-0.4, -0.2) is 33.4 Å². The van der Waals surface area contributed by atoms with Crippen molar-refractivity contribution in [1.29, 1.82) is 5.26 Å². The largest absolute Gasteiger partial charge is 0.513 e. The van der Waals surface area contributed by atoms with Gasteiger partial charge in [0.25, 0.3) is 5.91 Å². The fourth-order valence-corrected chi connectivity index (χ4v) is 3.26. The van der Waals surface area contributed by atoms with Gasteiger partial charge in [-0.25, -0.2) is 9.78 Å². The topological polar surface area (TPSA) is 119 Å². The number of pyridine rings is 1. The molecule has 4 aromatic rings. The Morgan fingerprint density at radius 3 is 2.64 bits per heavy atom. The molecule has 0 saturated heterocycles. The number of rotatable bonds is 5. The predicted octanol–water partition coefficient (Wildman–Crippen LogP) is 4.39. The molecule has 0 aliphatic heterocycles. The van der Waals surface area contributed by atoms with E-state index in [4.69, 9.17) is 9.47 Å². The van der Waals surface area contributed by atoms with Crippen molar-refractivity contribution in [2.45, 2.75) is 13.8 Å². The summed E-state index contributed by atoms with van der Waals surface area (Å²) >= 11 is 0. The molecule has 0 bridgehead atoms. The number of hydrogen-bond acceptors (Lipinski definition) is 7. The van der Waals surface area contributed by atoms with Crippen molar-refractivity contribution >= 4 is 28.8 Å². The molecule has 1 N–H and O–H groups in total. The Bertz CT molecular complexity index is 1390. The first-order chi connectivity index (χ1) is 16.0. The summed E-state index contributed by atoms with van der Waals surface area (Å²) in [6, 6.07) is 17.5. The molecule has 0 unspecified atom stereocenters. The number of carbonyl (C=O) groups is 2. The Balaban J connectivity index is 1.62. The van der Waals surface area contributed by atoms with Crippen LogP contribution in [0.4, 0.5) is 10.6 Å². The SMILES string of the molecule is CCOC(=O)Oc1ccc(C(=O)Nc2c(C#N)cnn2-c2cc(C)c3ccccc3n2)cc1. The lowest BCUT2D eigenvalue weighted by atomic mass is 10.1. The van der Waals surface area contributed by atoms with Crippen LogP contribution in [0.25, 0.3) is 16.7 Å². The average molecular weight is 441 g/mol. The molecule has 9 heteroatoms. The number of fused-ring (bicyclic) bond motifs is 1. The number of para-hydroxylation sites is 1. The van der Waals surface area contributed by atoms with Crippen LogP contribution in [0.2, 0.25) is 0 Å². The number of nitrogens with one attached hydrogen (secondary N) is 1. The van der Waals surface area contributed by atoms with Crippen LogP contribution in [-0.2, 0) is 4.74 Å². The number of nitriles is 1. The highest BCUT2D eigenvalue weighted by atomic mass is 16.7. The van der Waals surface area contributed by atoms with Gasteiger partial charge in [0, 0.05) is 10.9 Å². The van der Waals surface area contributed by atoms with Crippen LogP contribution >= 0.6 is 0 Å². The number of benzene rings is 2. The van der Waals surface area contributed by atoms with E-state index < -0.39 is 12.1 Å². The van der Waals surface area contributed by atoms with Gasteiger partial charge in [0.1, 0.15) is 17.4 Å². The van der Waals surface area contributed by atoms with Gasteiger partial charge in [-0.2, -0.15) is 15.0 Å². The zero-order valence-corrected chi connectivity index (χ0v) is 17.9. The molecule has 0 saturated carbocycles. The van der Waals surface area contributed by atoms with E-state index in [1.54, 1.807) is 6.92 Å². The molecular weight excluding hydrogens is 422 g/mol. The summed E-state index contributed by atoms with van der Waals surface area (Å²) in [5, 5.41) is 17.5. The molecule has 9 nitrogen and oxygen atoms in total. The Hall–Kier alpha value is -4.71. The summed E-state index contributed by atoms with van der Waals surface area (Å²) in [4.78, 5) is 28.9. The van der Waals surface area contributed by atoms with Crippen LogP contribution < -0.4 is 10.1 Å². The maximum absolute atomic E-state index is 12.9. The minimum atomic E-state index is -0.824. The van der Waals surface area contributed by atoms with Gasteiger partial charge in [0.15, 0.2) is 11.6 Å². The summed E-state index contributed by atoms with van der Waals surface area (Å²) in [7, 11) is 0. The molecule has 0 radical (unpaired) electrons. The van der Waals surface area contributed by atoms with Gasteiger partial charge in [-0.1, -0.05) is 18.2 Å². The number of ether oxygens (including phenoxy) is 2. The standard InChI is InChI=1S/C24H19N5O4/c1-3-32-24(31)33-18-10-8-16(9-11-18)23(30)28-22-17(13-25)14-26-29(22)21-12-15(2)19-6-4-5-7-20(19)27-21/h4-12,14H,3H2,1-2H3,(H,28,30). The summed E-state index contributed by atoms with van der Waals surface area (Å²) < 4.78 is 11.1. The molecule has 0 aliphatic carbocycles. The van der Waals surface area contributed by atoms with E-state index in [-0.39, 0.29) is 23.7 Å². The first-order valence-electron chi connectivity index (χ1n) is 10.1.